The topological polar surface area (TPSA) is 38.0 Å². The highest BCUT2D eigenvalue weighted by Gasteiger charge is 2.13. The molecule has 106 valence electrons. The zero-order valence-corrected chi connectivity index (χ0v) is 13.1. The number of hydrogen-bond acceptors (Lipinski definition) is 2. The number of benzene rings is 2. The first kappa shape index (κ1) is 15.4. The van der Waals surface area contributed by atoms with Crippen LogP contribution in [0.25, 0.3) is 0 Å². The number of nitrogens with two attached hydrogens (primary N) is 1. The molecule has 0 saturated heterocycles. The molecule has 2 nitrogen and oxygen atoms in total. The van der Waals surface area contributed by atoms with Gasteiger partial charge in [0.25, 0.3) is 0 Å². The Hall–Kier alpha value is -0.940. The molecule has 0 aromatic heterocycles. The fourth-order valence-electron chi connectivity index (χ4n) is 2.07. The summed E-state index contributed by atoms with van der Waals surface area (Å²) in [7, 11) is 0. The molecule has 0 amide bonds. The summed E-state index contributed by atoms with van der Waals surface area (Å²) >= 11 is 9.56. The van der Waals surface area contributed by atoms with Gasteiger partial charge in [-0.25, -0.2) is 4.39 Å². The lowest BCUT2D eigenvalue weighted by atomic mass is 9.99. The van der Waals surface area contributed by atoms with Crippen molar-refractivity contribution >= 4 is 27.5 Å². The van der Waals surface area contributed by atoms with Crippen LogP contribution >= 0.6 is 27.5 Å². The second-order valence-corrected chi connectivity index (χ2v) is 5.92. The van der Waals surface area contributed by atoms with Crippen LogP contribution in [0.4, 0.5) is 4.39 Å². The first-order valence-corrected chi connectivity index (χ1v) is 7.40. The van der Waals surface area contributed by atoms with Crippen molar-refractivity contribution in [1.29, 1.82) is 0 Å². The Kier molecular flexibility index (Phi) is 5.54. The minimum absolute atomic E-state index is 0.0782. The molecule has 5 heteroatoms. The van der Waals surface area contributed by atoms with Crippen LogP contribution in [0.5, 0.6) is 0 Å². The molecule has 1 unspecified atom stereocenters. The quantitative estimate of drug-likeness (QED) is 0.630. The van der Waals surface area contributed by atoms with Crippen LogP contribution in [-0.2, 0) is 12.8 Å². The molecule has 0 saturated carbocycles. The van der Waals surface area contributed by atoms with Crippen LogP contribution in [0.1, 0.15) is 11.1 Å². The van der Waals surface area contributed by atoms with Gasteiger partial charge in [0.1, 0.15) is 5.82 Å². The highest BCUT2D eigenvalue weighted by atomic mass is 79.9. The molecule has 1 atom stereocenters. The fraction of sp³-hybridized carbons (Fsp3) is 0.200. The Morgan fingerprint density at radius 2 is 1.85 bits per heavy atom. The van der Waals surface area contributed by atoms with Crippen LogP contribution in [0.2, 0.25) is 5.02 Å². The van der Waals surface area contributed by atoms with Gasteiger partial charge in [-0.1, -0.05) is 51.8 Å². The maximum atomic E-state index is 13.7. The van der Waals surface area contributed by atoms with E-state index in [0.717, 1.165) is 10.0 Å². The van der Waals surface area contributed by atoms with Crippen molar-refractivity contribution < 1.29 is 4.39 Å². The molecule has 0 heterocycles. The van der Waals surface area contributed by atoms with E-state index in [0.29, 0.717) is 23.4 Å². The largest absolute Gasteiger partial charge is 0.271 e. The average Bonchev–Trinajstić information content (AvgIpc) is 2.43. The van der Waals surface area contributed by atoms with Gasteiger partial charge >= 0.3 is 0 Å². The van der Waals surface area contributed by atoms with Gasteiger partial charge < -0.3 is 0 Å². The van der Waals surface area contributed by atoms with Gasteiger partial charge in [-0.3, -0.25) is 11.3 Å². The summed E-state index contributed by atoms with van der Waals surface area (Å²) in [5.41, 5.74) is 4.35. The summed E-state index contributed by atoms with van der Waals surface area (Å²) in [6, 6.07) is 12.3. The van der Waals surface area contributed by atoms with Crippen LogP contribution < -0.4 is 11.3 Å². The molecule has 0 spiro atoms. The molecule has 0 aliphatic carbocycles. The number of rotatable bonds is 5. The van der Waals surface area contributed by atoms with Crippen LogP contribution in [-0.4, -0.2) is 6.04 Å². The summed E-state index contributed by atoms with van der Waals surface area (Å²) in [5.74, 6) is 5.36. The van der Waals surface area contributed by atoms with Gasteiger partial charge in [0.15, 0.2) is 0 Å². The molecule has 2 aromatic carbocycles. The molecule has 0 radical (unpaired) electrons. The highest BCUT2D eigenvalue weighted by molar-refractivity contribution is 9.10. The van der Waals surface area contributed by atoms with E-state index in [1.165, 1.54) is 6.07 Å². The average molecular weight is 358 g/mol. The van der Waals surface area contributed by atoms with Crippen LogP contribution in [0.15, 0.2) is 46.9 Å². The highest BCUT2D eigenvalue weighted by Crippen LogP contribution is 2.23. The molecular formula is C15H15BrClFN2. The lowest BCUT2D eigenvalue weighted by molar-refractivity contribution is 0.506. The third-order valence-electron chi connectivity index (χ3n) is 3.14. The van der Waals surface area contributed by atoms with E-state index in [1.54, 1.807) is 12.1 Å². The van der Waals surface area contributed by atoms with E-state index < -0.39 is 0 Å². The van der Waals surface area contributed by atoms with E-state index in [1.807, 2.05) is 24.3 Å². The standard InChI is InChI=1S/C15H15BrClFN2/c16-12-6-5-10(14(17)9-12)7-13(20-19)8-11-3-1-2-4-15(11)18/h1-6,9,13,20H,7-8,19H2. The number of hydrogen-bond donors (Lipinski definition) is 2. The van der Waals surface area contributed by atoms with Crippen molar-refractivity contribution in [3.63, 3.8) is 0 Å². The van der Waals surface area contributed by atoms with E-state index >= 15 is 0 Å². The predicted molar refractivity (Wildman–Crippen MR) is 84.1 cm³/mol. The van der Waals surface area contributed by atoms with E-state index in [9.17, 15) is 4.39 Å². The summed E-state index contributed by atoms with van der Waals surface area (Å²) < 4.78 is 14.6. The van der Waals surface area contributed by atoms with Crippen molar-refractivity contribution in [2.24, 2.45) is 5.84 Å². The lowest BCUT2D eigenvalue weighted by Gasteiger charge is -2.17. The molecule has 20 heavy (non-hydrogen) atoms. The fourth-order valence-corrected chi connectivity index (χ4v) is 2.82. The Morgan fingerprint density at radius 3 is 2.50 bits per heavy atom. The molecular weight excluding hydrogens is 343 g/mol. The zero-order chi connectivity index (χ0) is 14.5. The SMILES string of the molecule is NNC(Cc1ccccc1F)Cc1ccc(Br)cc1Cl. The first-order valence-electron chi connectivity index (χ1n) is 6.23. The number of halogens is 3. The van der Waals surface area contributed by atoms with E-state index in [2.05, 4.69) is 21.4 Å². The summed E-state index contributed by atoms with van der Waals surface area (Å²) in [6.07, 6.45) is 1.15. The monoisotopic (exact) mass is 356 g/mol. The molecule has 2 rings (SSSR count). The van der Waals surface area contributed by atoms with Crippen LogP contribution in [0, 0.1) is 5.82 Å². The molecule has 2 aromatic rings. The molecule has 0 bridgehead atoms. The minimum Gasteiger partial charge on any atom is -0.271 e. The van der Waals surface area contributed by atoms with Crippen LogP contribution in [0.3, 0.4) is 0 Å². The normalized spacial score (nSPS) is 12.4. The van der Waals surface area contributed by atoms with Gasteiger partial charge in [0, 0.05) is 15.5 Å². The molecule has 0 aliphatic heterocycles. The molecule has 0 aliphatic rings. The Morgan fingerprint density at radius 1 is 1.15 bits per heavy atom. The maximum absolute atomic E-state index is 13.7. The third kappa shape index (κ3) is 4.03. The number of hydrazine groups is 1. The lowest BCUT2D eigenvalue weighted by Crippen LogP contribution is -2.38. The Bertz CT molecular complexity index is 592. The zero-order valence-electron chi connectivity index (χ0n) is 10.7. The summed E-state index contributed by atoms with van der Waals surface area (Å²) in [5, 5.41) is 0.674. The van der Waals surface area contributed by atoms with Gasteiger partial charge in [0.05, 0.1) is 0 Å². The van der Waals surface area contributed by atoms with E-state index in [-0.39, 0.29) is 11.9 Å². The first-order chi connectivity index (χ1) is 9.60. The molecule has 0 fully saturated rings. The smallest absolute Gasteiger partial charge is 0.126 e. The second-order valence-electron chi connectivity index (χ2n) is 4.60. The number of nitrogens with one attached hydrogen (secondary N) is 1. The summed E-state index contributed by atoms with van der Waals surface area (Å²) in [4.78, 5) is 0. The Balaban J connectivity index is 2.11. The van der Waals surface area contributed by atoms with Gasteiger partial charge in [-0.2, -0.15) is 0 Å². The van der Waals surface area contributed by atoms with Crippen molar-refractivity contribution in [3.8, 4) is 0 Å². The van der Waals surface area contributed by atoms with Gasteiger partial charge in [0.2, 0.25) is 0 Å². The van der Waals surface area contributed by atoms with Gasteiger partial charge in [-0.05, 0) is 42.2 Å². The molecule has 3 N–H and O–H groups in total. The van der Waals surface area contributed by atoms with Crippen molar-refractivity contribution in [2.75, 3.05) is 0 Å². The van der Waals surface area contributed by atoms with E-state index in [4.69, 9.17) is 17.4 Å². The summed E-state index contributed by atoms with van der Waals surface area (Å²) in [6.45, 7) is 0. The third-order valence-corrected chi connectivity index (χ3v) is 3.99. The van der Waals surface area contributed by atoms with Crippen molar-refractivity contribution in [3.05, 3.63) is 68.9 Å². The van der Waals surface area contributed by atoms with Crippen molar-refractivity contribution in [2.45, 2.75) is 18.9 Å². The second kappa shape index (κ2) is 7.18. The maximum Gasteiger partial charge on any atom is 0.126 e. The predicted octanol–water partition coefficient (Wildman–Crippen LogP) is 3.86. The Labute approximate surface area is 131 Å². The minimum atomic E-state index is -0.213. The van der Waals surface area contributed by atoms with Gasteiger partial charge in [-0.15, -0.1) is 0 Å². The van der Waals surface area contributed by atoms with Crippen molar-refractivity contribution in [1.82, 2.24) is 5.43 Å².